The van der Waals surface area contributed by atoms with Gasteiger partial charge in [-0.25, -0.2) is 13.8 Å². The minimum Gasteiger partial charge on any atom is -0.369 e. The molecule has 0 radical (unpaired) electrons. The number of rotatable bonds is 1. The van der Waals surface area contributed by atoms with Crippen LogP contribution in [0.1, 0.15) is 0 Å². The number of anilines is 1. The van der Waals surface area contributed by atoms with Crippen LogP contribution in [0.15, 0.2) is 34.8 Å². The van der Waals surface area contributed by atoms with Crippen LogP contribution in [0.25, 0.3) is 16.7 Å². The van der Waals surface area contributed by atoms with Crippen molar-refractivity contribution in [3.05, 3.63) is 50.0 Å². The third kappa shape index (κ3) is 2.18. The lowest BCUT2D eigenvalue weighted by Gasteiger charge is -2.09. The molecule has 0 bridgehead atoms. The SMILES string of the molecule is Nc1nc2cc(F)c(Br)cc2n1-c1ccc(F)cc1I. The van der Waals surface area contributed by atoms with E-state index >= 15 is 0 Å². The standard InChI is InChI=1S/C13H7BrF2IN3/c14-7-4-12-10(5-8(7)16)19-13(18)20(12)11-2-1-6(15)3-9(11)17/h1-5H,(H2,18,19). The van der Waals surface area contributed by atoms with Crippen LogP contribution < -0.4 is 5.73 Å². The topological polar surface area (TPSA) is 43.8 Å². The average molecular weight is 450 g/mol. The van der Waals surface area contributed by atoms with E-state index in [9.17, 15) is 8.78 Å². The Kier molecular flexibility index (Phi) is 3.41. The van der Waals surface area contributed by atoms with Crippen LogP contribution in [0, 0.1) is 15.2 Å². The van der Waals surface area contributed by atoms with Crippen LogP contribution in [0.5, 0.6) is 0 Å². The Morgan fingerprint density at radius 3 is 2.65 bits per heavy atom. The Morgan fingerprint density at radius 2 is 1.95 bits per heavy atom. The van der Waals surface area contributed by atoms with E-state index in [1.807, 2.05) is 22.6 Å². The zero-order valence-electron chi connectivity index (χ0n) is 9.87. The second-order valence-corrected chi connectivity index (χ2v) is 6.17. The van der Waals surface area contributed by atoms with Crippen LogP contribution in [0.3, 0.4) is 0 Å². The van der Waals surface area contributed by atoms with Crippen molar-refractivity contribution in [1.29, 1.82) is 0 Å². The lowest BCUT2D eigenvalue weighted by Crippen LogP contribution is -2.02. The van der Waals surface area contributed by atoms with E-state index in [2.05, 4.69) is 20.9 Å². The summed E-state index contributed by atoms with van der Waals surface area (Å²) in [6.45, 7) is 0. The fourth-order valence-corrected chi connectivity index (χ4v) is 3.06. The summed E-state index contributed by atoms with van der Waals surface area (Å²) in [5, 5.41) is 0. The van der Waals surface area contributed by atoms with Crippen LogP contribution in [0.4, 0.5) is 14.7 Å². The molecule has 1 heterocycles. The normalized spacial score (nSPS) is 11.2. The van der Waals surface area contributed by atoms with Gasteiger partial charge < -0.3 is 5.73 Å². The van der Waals surface area contributed by atoms with E-state index < -0.39 is 5.82 Å². The molecule has 3 rings (SSSR count). The van der Waals surface area contributed by atoms with Gasteiger partial charge in [-0.05, 0) is 62.8 Å². The number of nitrogens with zero attached hydrogens (tertiary/aromatic N) is 2. The third-order valence-electron chi connectivity index (χ3n) is 2.87. The Balaban J connectivity index is 2.35. The highest BCUT2D eigenvalue weighted by molar-refractivity contribution is 14.1. The van der Waals surface area contributed by atoms with Gasteiger partial charge >= 0.3 is 0 Å². The molecule has 0 unspecified atom stereocenters. The first-order chi connectivity index (χ1) is 9.47. The Morgan fingerprint density at radius 1 is 1.20 bits per heavy atom. The number of aromatic nitrogens is 2. The molecule has 0 saturated heterocycles. The summed E-state index contributed by atoms with van der Waals surface area (Å²) in [7, 11) is 0. The summed E-state index contributed by atoms with van der Waals surface area (Å²) >= 11 is 5.17. The molecule has 0 spiro atoms. The smallest absolute Gasteiger partial charge is 0.205 e. The van der Waals surface area contributed by atoms with Gasteiger partial charge in [0.1, 0.15) is 11.6 Å². The van der Waals surface area contributed by atoms with Crippen LogP contribution in [-0.4, -0.2) is 9.55 Å². The maximum absolute atomic E-state index is 13.5. The number of nitrogens with two attached hydrogens (primary N) is 1. The van der Waals surface area contributed by atoms with Crippen molar-refractivity contribution in [1.82, 2.24) is 9.55 Å². The van der Waals surface area contributed by atoms with Crippen molar-refractivity contribution in [3.8, 4) is 5.69 Å². The molecule has 3 nitrogen and oxygen atoms in total. The van der Waals surface area contributed by atoms with Gasteiger partial charge in [-0.15, -0.1) is 0 Å². The van der Waals surface area contributed by atoms with E-state index in [-0.39, 0.29) is 11.8 Å². The Labute approximate surface area is 135 Å². The number of nitrogen functional groups attached to an aromatic ring is 1. The Bertz CT molecular complexity index is 832. The summed E-state index contributed by atoms with van der Waals surface area (Å²) in [5.74, 6) is -0.508. The number of fused-ring (bicyclic) bond motifs is 1. The maximum atomic E-state index is 13.5. The third-order valence-corrected chi connectivity index (χ3v) is 4.34. The molecule has 0 aliphatic rings. The predicted molar refractivity (Wildman–Crippen MR) is 85.8 cm³/mol. The summed E-state index contributed by atoms with van der Waals surface area (Å²) < 4.78 is 29.4. The van der Waals surface area contributed by atoms with E-state index in [0.717, 1.165) is 0 Å². The minimum absolute atomic E-state index is 0.224. The largest absolute Gasteiger partial charge is 0.369 e. The van der Waals surface area contributed by atoms with E-state index in [0.29, 0.717) is 24.8 Å². The molecule has 0 atom stereocenters. The molecule has 3 aromatic rings. The number of hydrogen-bond donors (Lipinski definition) is 1. The first kappa shape index (κ1) is 13.7. The molecule has 2 aromatic carbocycles. The molecule has 0 saturated carbocycles. The van der Waals surface area contributed by atoms with Crippen LogP contribution in [0.2, 0.25) is 0 Å². The Hall–Kier alpha value is -1.22. The molecule has 102 valence electrons. The highest BCUT2D eigenvalue weighted by Crippen LogP contribution is 2.30. The van der Waals surface area contributed by atoms with Crippen molar-refractivity contribution in [3.63, 3.8) is 0 Å². The lowest BCUT2D eigenvalue weighted by molar-refractivity contribution is 0.623. The van der Waals surface area contributed by atoms with E-state index in [4.69, 9.17) is 5.73 Å². The molecular weight excluding hydrogens is 443 g/mol. The fourth-order valence-electron chi connectivity index (χ4n) is 2.01. The van der Waals surface area contributed by atoms with Crippen LogP contribution >= 0.6 is 38.5 Å². The minimum atomic E-state index is -0.407. The summed E-state index contributed by atoms with van der Waals surface area (Å²) in [6, 6.07) is 7.28. The monoisotopic (exact) mass is 449 g/mol. The van der Waals surface area contributed by atoms with Crippen molar-refractivity contribution in [2.45, 2.75) is 0 Å². The van der Waals surface area contributed by atoms with Crippen LogP contribution in [-0.2, 0) is 0 Å². The first-order valence-electron chi connectivity index (χ1n) is 5.56. The average Bonchev–Trinajstić information content (AvgIpc) is 2.66. The number of benzene rings is 2. The second kappa shape index (κ2) is 4.96. The van der Waals surface area contributed by atoms with Gasteiger partial charge in [0, 0.05) is 9.64 Å². The summed E-state index contributed by atoms with van der Waals surface area (Å²) in [4.78, 5) is 4.14. The van der Waals surface area contributed by atoms with Gasteiger partial charge in [0.15, 0.2) is 0 Å². The molecule has 2 N–H and O–H groups in total. The number of hydrogen-bond acceptors (Lipinski definition) is 2. The zero-order valence-corrected chi connectivity index (χ0v) is 13.6. The highest BCUT2D eigenvalue weighted by Gasteiger charge is 2.15. The van der Waals surface area contributed by atoms with Gasteiger partial charge in [0.2, 0.25) is 5.95 Å². The number of imidazole rings is 1. The van der Waals surface area contributed by atoms with Gasteiger partial charge in [0.05, 0.1) is 21.2 Å². The molecule has 0 aliphatic heterocycles. The fraction of sp³-hybridized carbons (Fsp3) is 0. The molecular formula is C13H7BrF2IN3. The molecule has 0 aliphatic carbocycles. The number of halogens is 4. The molecule has 0 fully saturated rings. The van der Waals surface area contributed by atoms with Crippen molar-refractivity contribution < 1.29 is 8.78 Å². The van der Waals surface area contributed by atoms with E-state index in [1.165, 1.54) is 18.2 Å². The second-order valence-electron chi connectivity index (χ2n) is 4.16. The van der Waals surface area contributed by atoms with Crippen molar-refractivity contribution in [2.75, 3.05) is 5.73 Å². The molecule has 20 heavy (non-hydrogen) atoms. The summed E-state index contributed by atoms with van der Waals surface area (Å²) in [5.41, 5.74) is 7.71. The highest BCUT2D eigenvalue weighted by atomic mass is 127. The lowest BCUT2D eigenvalue weighted by atomic mass is 10.2. The predicted octanol–water partition coefficient (Wildman–Crippen LogP) is 4.25. The van der Waals surface area contributed by atoms with Crippen molar-refractivity contribution in [2.24, 2.45) is 0 Å². The summed E-state index contributed by atoms with van der Waals surface area (Å²) in [6.07, 6.45) is 0. The van der Waals surface area contributed by atoms with Gasteiger partial charge in [-0.1, -0.05) is 0 Å². The quantitative estimate of drug-likeness (QED) is 0.564. The van der Waals surface area contributed by atoms with Crippen molar-refractivity contribution >= 4 is 55.5 Å². The van der Waals surface area contributed by atoms with Gasteiger partial charge in [-0.2, -0.15) is 0 Å². The molecule has 1 aromatic heterocycles. The molecule has 0 amide bonds. The van der Waals surface area contributed by atoms with Gasteiger partial charge in [0.25, 0.3) is 0 Å². The van der Waals surface area contributed by atoms with E-state index in [1.54, 1.807) is 16.7 Å². The molecule has 7 heteroatoms. The zero-order chi connectivity index (χ0) is 14.4. The van der Waals surface area contributed by atoms with Gasteiger partial charge in [-0.3, -0.25) is 4.57 Å². The first-order valence-corrected chi connectivity index (χ1v) is 7.43. The maximum Gasteiger partial charge on any atom is 0.205 e.